The van der Waals surface area contributed by atoms with Crippen LogP contribution in [0.5, 0.6) is 0 Å². The van der Waals surface area contributed by atoms with Crippen molar-refractivity contribution in [3.63, 3.8) is 0 Å². The number of benzene rings is 1. The fourth-order valence-corrected chi connectivity index (χ4v) is 1.82. The third-order valence-electron chi connectivity index (χ3n) is 2.92. The molecular formula is C15H17N3O3. The molecule has 0 radical (unpaired) electrons. The number of amides is 2. The maximum absolute atomic E-state index is 11.7. The molecule has 2 aromatic rings. The minimum atomic E-state index is -0.427. The van der Waals surface area contributed by atoms with Gasteiger partial charge in [-0.1, -0.05) is 17.7 Å². The summed E-state index contributed by atoms with van der Waals surface area (Å²) in [6.45, 7) is 4.04. The topological polar surface area (TPSA) is 83.4 Å². The van der Waals surface area contributed by atoms with Gasteiger partial charge in [0.25, 0.3) is 11.8 Å². The van der Waals surface area contributed by atoms with E-state index in [1.165, 1.54) is 18.6 Å². The van der Waals surface area contributed by atoms with Crippen molar-refractivity contribution in [1.82, 2.24) is 10.9 Å². The monoisotopic (exact) mass is 287 g/mol. The van der Waals surface area contributed by atoms with Crippen molar-refractivity contribution in [2.75, 3.05) is 11.9 Å². The second kappa shape index (κ2) is 6.60. The Morgan fingerprint density at radius 2 is 1.95 bits per heavy atom. The van der Waals surface area contributed by atoms with Crippen LogP contribution in [0, 0.1) is 13.8 Å². The minimum Gasteiger partial charge on any atom is -0.472 e. The van der Waals surface area contributed by atoms with E-state index in [4.69, 9.17) is 4.42 Å². The summed E-state index contributed by atoms with van der Waals surface area (Å²) in [6.07, 6.45) is 2.69. The molecule has 6 heteroatoms. The van der Waals surface area contributed by atoms with Crippen LogP contribution >= 0.6 is 0 Å². The molecule has 0 aliphatic rings. The predicted molar refractivity (Wildman–Crippen MR) is 78.7 cm³/mol. The van der Waals surface area contributed by atoms with Gasteiger partial charge in [0, 0.05) is 5.69 Å². The van der Waals surface area contributed by atoms with Crippen LogP contribution in [0.4, 0.5) is 5.69 Å². The highest BCUT2D eigenvalue weighted by molar-refractivity contribution is 5.95. The number of hydrazine groups is 1. The Morgan fingerprint density at radius 3 is 2.62 bits per heavy atom. The summed E-state index contributed by atoms with van der Waals surface area (Å²) in [4.78, 5) is 23.2. The number of furan rings is 1. The Morgan fingerprint density at radius 1 is 1.14 bits per heavy atom. The zero-order valence-corrected chi connectivity index (χ0v) is 11.9. The molecule has 0 bridgehead atoms. The predicted octanol–water partition coefficient (Wildman–Crippen LogP) is 1.77. The summed E-state index contributed by atoms with van der Waals surface area (Å²) in [5.74, 6) is -0.768. The Hall–Kier alpha value is -2.76. The maximum Gasteiger partial charge on any atom is 0.272 e. The number of hydrogen-bond donors (Lipinski definition) is 3. The number of carbonyl (C=O) groups is 2. The molecule has 0 unspecified atom stereocenters. The highest BCUT2D eigenvalue weighted by Crippen LogP contribution is 2.15. The summed E-state index contributed by atoms with van der Waals surface area (Å²) < 4.78 is 4.78. The van der Waals surface area contributed by atoms with Crippen LogP contribution < -0.4 is 16.2 Å². The van der Waals surface area contributed by atoms with Crippen LogP contribution in [0.15, 0.2) is 41.2 Å². The molecule has 1 aromatic heterocycles. The van der Waals surface area contributed by atoms with E-state index in [1.807, 2.05) is 32.0 Å². The zero-order valence-electron chi connectivity index (χ0n) is 11.9. The van der Waals surface area contributed by atoms with E-state index in [0.29, 0.717) is 5.56 Å². The van der Waals surface area contributed by atoms with Crippen molar-refractivity contribution in [1.29, 1.82) is 0 Å². The third-order valence-corrected chi connectivity index (χ3v) is 2.92. The van der Waals surface area contributed by atoms with Gasteiger partial charge in [-0.15, -0.1) is 0 Å². The second-order valence-electron chi connectivity index (χ2n) is 4.69. The fraction of sp³-hybridized carbons (Fsp3) is 0.200. The van der Waals surface area contributed by atoms with Gasteiger partial charge in [0.2, 0.25) is 0 Å². The van der Waals surface area contributed by atoms with Crippen LogP contribution in [0.2, 0.25) is 0 Å². The number of aryl methyl sites for hydroxylation is 2. The first-order chi connectivity index (χ1) is 10.1. The smallest absolute Gasteiger partial charge is 0.272 e. The van der Waals surface area contributed by atoms with Crippen molar-refractivity contribution in [3.05, 3.63) is 53.5 Å². The number of nitrogens with one attached hydrogen (secondary N) is 3. The van der Waals surface area contributed by atoms with Crippen LogP contribution in [-0.4, -0.2) is 18.4 Å². The quantitative estimate of drug-likeness (QED) is 0.748. The average molecular weight is 287 g/mol. The maximum atomic E-state index is 11.7. The van der Waals surface area contributed by atoms with Crippen LogP contribution in [0.25, 0.3) is 0 Å². The summed E-state index contributed by atoms with van der Waals surface area (Å²) in [5.41, 5.74) is 8.09. The van der Waals surface area contributed by atoms with E-state index in [-0.39, 0.29) is 12.5 Å². The third kappa shape index (κ3) is 4.10. The van der Waals surface area contributed by atoms with E-state index in [1.54, 1.807) is 0 Å². The molecule has 0 fully saturated rings. The number of anilines is 1. The lowest BCUT2D eigenvalue weighted by Gasteiger charge is -2.11. The van der Waals surface area contributed by atoms with Gasteiger partial charge in [-0.05, 0) is 31.5 Å². The van der Waals surface area contributed by atoms with E-state index in [9.17, 15) is 9.59 Å². The summed E-state index contributed by atoms with van der Waals surface area (Å²) >= 11 is 0. The molecule has 21 heavy (non-hydrogen) atoms. The molecule has 110 valence electrons. The van der Waals surface area contributed by atoms with Crippen molar-refractivity contribution < 1.29 is 14.0 Å². The molecule has 0 saturated carbocycles. The summed E-state index contributed by atoms with van der Waals surface area (Å²) in [5, 5.41) is 3.02. The lowest BCUT2D eigenvalue weighted by atomic mass is 10.1. The zero-order chi connectivity index (χ0) is 15.2. The van der Waals surface area contributed by atoms with Gasteiger partial charge in [0.15, 0.2) is 0 Å². The Bertz CT molecular complexity index is 636. The lowest BCUT2D eigenvalue weighted by Crippen LogP contribution is -2.44. The first-order valence-corrected chi connectivity index (χ1v) is 6.49. The average Bonchev–Trinajstić information content (AvgIpc) is 2.98. The second-order valence-corrected chi connectivity index (χ2v) is 4.69. The fourth-order valence-electron chi connectivity index (χ4n) is 1.82. The van der Waals surface area contributed by atoms with Crippen molar-refractivity contribution in [3.8, 4) is 0 Å². The van der Waals surface area contributed by atoms with E-state index >= 15 is 0 Å². The summed E-state index contributed by atoms with van der Waals surface area (Å²) in [6, 6.07) is 7.42. The molecule has 0 atom stereocenters. The molecule has 6 nitrogen and oxygen atoms in total. The molecule has 2 rings (SSSR count). The summed E-state index contributed by atoms with van der Waals surface area (Å²) in [7, 11) is 0. The highest BCUT2D eigenvalue weighted by atomic mass is 16.3. The van der Waals surface area contributed by atoms with Gasteiger partial charge in [-0.3, -0.25) is 20.4 Å². The van der Waals surface area contributed by atoms with E-state index in [2.05, 4.69) is 16.2 Å². The van der Waals surface area contributed by atoms with Crippen LogP contribution in [0.1, 0.15) is 21.5 Å². The van der Waals surface area contributed by atoms with Crippen LogP contribution in [0.3, 0.4) is 0 Å². The number of rotatable bonds is 4. The Balaban J connectivity index is 1.78. The molecule has 0 spiro atoms. The molecule has 1 heterocycles. The molecule has 1 aromatic carbocycles. The van der Waals surface area contributed by atoms with Crippen molar-refractivity contribution >= 4 is 17.5 Å². The van der Waals surface area contributed by atoms with Gasteiger partial charge in [-0.25, -0.2) is 0 Å². The first kappa shape index (κ1) is 14.6. The van der Waals surface area contributed by atoms with Gasteiger partial charge >= 0.3 is 0 Å². The van der Waals surface area contributed by atoms with Gasteiger partial charge < -0.3 is 9.73 Å². The molecule has 2 amide bonds. The van der Waals surface area contributed by atoms with Gasteiger partial charge in [0.1, 0.15) is 6.26 Å². The highest BCUT2D eigenvalue weighted by Gasteiger charge is 2.08. The SMILES string of the molecule is Cc1ccc(NCC(=O)NNC(=O)c2ccoc2)c(C)c1. The molecule has 3 N–H and O–H groups in total. The van der Waals surface area contributed by atoms with Crippen LogP contribution in [-0.2, 0) is 4.79 Å². The van der Waals surface area contributed by atoms with E-state index < -0.39 is 5.91 Å². The van der Waals surface area contributed by atoms with Crippen molar-refractivity contribution in [2.24, 2.45) is 0 Å². The molecular weight excluding hydrogens is 270 g/mol. The largest absolute Gasteiger partial charge is 0.472 e. The van der Waals surface area contributed by atoms with Gasteiger partial charge in [-0.2, -0.15) is 0 Å². The molecule has 0 aliphatic carbocycles. The molecule has 0 saturated heterocycles. The standard InChI is InChI=1S/C15H17N3O3/c1-10-3-4-13(11(2)7-10)16-8-14(19)17-18-15(20)12-5-6-21-9-12/h3-7,9,16H,8H2,1-2H3,(H,17,19)(H,18,20). The Kier molecular flexibility index (Phi) is 4.61. The lowest BCUT2D eigenvalue weighted by molar-refractivity contribution is -0.120. The van der Waals surface area contributed by atoms with Gasteiger partial charge in [0.05, 0.1) is 18.4 Å². The Labute approximate surface area is 122 Å². The first-order valence-electron chi connectivity index (χ1n) is 6.49. The van der Waals surface area contributed by atoms with Crippen molar-refractivity contribution in [2.45, 2.75) is 13.8 Å². The van der Waals surface area contributed by atoms with E-state index in [0.717, 1.165) is 16.8 Å². The number of carbonyl (C=O) groups excluding carboxylic acids is 2. The number of hydrogen-bond acceptors (Lipinski definition) is 4. The minimum absolute atomic E-state index is 0.0650. The molecule has 0 aliphatic heterocycles. The normalized spacial score (nSPS) is 10.0.